The number of hydrogen-bond donors (Lipinski definition) is 2. The molecule has 0 aliphatic heterocycles. The Bertz CT molecular complexity index is 1010. The summed E-state index contributed by atoms with van der Waals surface area (Å²) in [5.74, 6) is 0.556. The van der Waals surface area contributed by atoms with Gasteiger partial charge in [0, 0.05) is 23.0 Å². The largest absolute Gasteiger partial charge is 0.326 e. The van der Waals surface area contributed by atoms with Crippen molar-refractivity contribution in [1.82, 2.24) is 4.98 Å². The highest BCUT2D eigenvalue weighted by molar-refractivity contribution is 6.31. The molecule has 132 valence electrons. The fourth-order valence-corrected chi connectivity index (χ4v) is 2.83. The standard InChI is InChI=1S/C20H19ClN4O/c1-12-9-20(23-19-8-7-16(21)11-18(12)19)25-24-13(2)15-5-4-6-17(10-15)22-14(3)26/h4-11H,1-3H3,(H,22,26)(H,23,25)/b24-13+. The minimum absolute atomic E-state index is 0.106. The average molecular weight is 367 g/mol. The lowest BCUT2D eigenvalue weighted by molar-refractivity contribution is -0.114. The van der Waals surface area contributed by atoms with Gasteiger partial charge in [0.15, 0.2) is 0 Å². The van der Waals surface area contributed by atoms with Gasteiger partial charge >= 0.3 is 0 Å². The van der Waals surface area contributed by atoms with Gasteiger partial charge in [-0.15, -0.1) is 0 Å². The zero-order valence-electron chi connectivity index (χ0n) is 14.8. The van der Waals surface area contributed by atoms with Crippen molar-refractivity contribution >= 4 is 45.6 Å². The summed E-state index contributed by atoms with van der Waals surface area (Å²) in [6, 6.07) is 15.1. The lowest BCUT2D eigenvalue weighted by Gasteiger charge is -2.08. The molecule has 0 unspecified atom stereocenters. The summed E-state index contributed by atoms with van der Waals surface area (Å²) in [4.78, 5) is 15.8. The molecule has 2 N–H and O–H groups in total. The van der Waals surface area contributed by atoms with Crippen molar-refractivity contribution < 1.29 is 4.79 Å². The first-order chi connectivity index (χ1) is 12.4. The van der Waals surface area contributed by atoms with Crippen molar-refractivity contribution in [3.63, 3.8) is 0 Å². The highest BCUT2D eigenvalue weighted by Crippen LogP contribution is 2.23. The third kappa shape index (κ3) is 4.18. The Balaban J connectivity index is 1.84. The Labute approximate surface area is 157 Å². The number of nitrogens with zero attached hydrogens (tertiary/aromatic N) is 2. The van der Waals surface area contributed by atoms with Crippen LogP contribution in [0.2, 0.25) is 5.02 Å². The molecule has 1 heterocycles. The molecule has 0 saturated carbocycles. The first kappa shape index (κ1) is 17.9. The molecule has 1 amide bonds. The van der Waals surface area contributed by atoms with E-state index in [1.807, 2.05) is 62.4 Å². The van der Waals surface area contributed by atoms with Crippen LogP contribution in [0.25, 0.3) is 10.9 Å². The van der Waals surface area contributed by atoms with Crippen LogP contribution in [-0.4, -0.2) is 16.6 Å². The van der Waals surface area contributed by atoms with Gasteiger partial charge in [0.25, 0.3) is 0 Å². The van der Waals surface area contributed by atoms with Crippen LogP contribution in [-0.2, 0) is 4.79 Å². The highest BCUT2D eigenvalue weighted by atomic mass is 35.5. The van der Waals surface area contributed by atoms with Gasteiger partial charge in [0.05, 0.1) is 11.2 Å². The SMILES string of the molecule is CC(=O)Nc1cccc(/C(C)=N/Nc2cc(C)c3cc(Cl)ccc3n2)c1. The van der Waals surface area contributed by atoms with Gasteiger partial charge in [-0.2, -0.15) is 5.10 Å². The molecule has 0 radical (unpaired) electrons. The topological polar surface area (TPSA) is 66.4 Å². The number of anilines is 2. The van der Waals surface area contributed by atoms with Crippen molar-refractivity contribution in [2.45, 2.75) is 20.8 Å². The smallest absolute Gasteiger partial charge is 0.221 e. The summed E-state index contributed by atoms with van der Waals surface area (Å²) in [6.07, 6.45) is 0. The zero-order valence-corrected chi connectivity index (χ0v) is 15.6. The van der Waals surface area contributed by atoms with Gasteiger partial charge in [-0.25, -0.2) is 4.98 Å². The van der Waals surface area contributed by atoms with Crippen LogP contribution in [0.5, 0.6) is 0 Å². The summed E-state index contributed by atoms with van der Waals surface area (Å²) in [5.41, 5.74) is 7.37. The van der Waals surface area contributed by atoms with Crippen LogP contribution in [0.1, 0.15) is 25.0 Å². The number of pyridine rings is 1. The summed E-state index contributed by atoms with van der Waals surface area (Å²) in [5, 5.41) is 8.90. The van der Waals surface area contributed by atoms with E-state index in [1.54, 1.807) is 0 Å². The third-order valence-corrected chi connectivity index (χ3v) is 4.15. The number of amides is 1. The maximum Gasteiger partial charge on any atom is 0.221 e. The van der Waals surface area contributed by atoms with Crippen molar-refractivity contribution in [3.8, 4) is 0 Å². The van der Waals surface area contributed by atoms with Gasteiger partial charge in [0.2, 0.25) is 5.91 Å². The fraction of sp³-hybridized carbons (Fsp3) is 0.150. The van der Waals surface area contributed by atoms with Crippen molar-refractivity contribution in [2.75, 3.05) is 10.7 Å². The predicted octanol–water partition coefficient (Wildman–Crippen LogP) is 4.99. The number of aryl methyl sites for hydroxylation is 1. The predicted molar refractivity (Wildman–Crippen MR) is 108 cm³/mol. The van der Waals surface area contributed by atoms with Crippen LogP contribution >= 0.6 is 11.6 Å². The number of rotatable bonds is 4. The number of carbonyl (C=O) groups is 1. The second-order valence-electron chi connectivity index (χ2n) is 6.06. The van der Waals surface area contributed by atoms with Gasteiger partial charge in [-0.05, 0) is 61.4 Å². The van der Waals surface area contributed by atoms with Crippen molar-refractivity contribution in [2.24, 2.45) is 5.10 Å². The molecule has 0 spiro atoms. The lowest BCUT2D eigenvalue weighted by Crippen LogP contribution is -2.07. The third-order valence-electron chi connectivity index (χ3n) is 3.92. The molecule has 26 heavy (non-hydrogen) atoms. The second kappa shape index (κ2) is 7.54. The van der Waals surface area contributed by atoms with Crippen LogP contribution in [0, 0.1) is 6.92 Å². The molecule has 0 fully saturated rings. The van der Waals surface area contributed by atoms with E-state index in [2.05, 4.69) is 20.8 Å². The van der Waals surface area contributed by atoms with Crippen molar-refractivity contribution in [3.05, 3.63) is 64.7 Å². The number of benzene rings is 2. The Kier molecular flexibility index (Phi) is 5.19. The van der Waals surface area contributed by atoms with E-state index in [0.29, 0.717) is 10.8 Å². The number of hydrogen-bond acceptors (Lipinski definition) is 4. The molecule has 2 aromatic carbocycles. The normalized spacial score (nSPS) is 11.5. The molecule has 1 aromatic heterocycles. The lowest BCUT2D eigenvalue weighted by atomic mass is 10.1. The molecule has 0 aliphatic rings. The van der Waals surface area contributed by atoms with E-state index in [9.17, 15) is 4.79 Å². The Morgan fingerprint density at radius 2 is 1.92 bits per heavy atom. The number of aromatic nitrogens is 1. The molecule has 6 heteroatoms. The van der Waals surface area contributed by atoms with E-state index in [1.165, 1.54) is 6.92 Å². The second-order valence-corrected chi connectivity index (χ2v) is 6.49. The Hall–Kier alpha value is -2.92. The first-order valence-corrected chi connectivity index (χ1v) is 8.55. The molecule has 0 aliphatic carbocycles. The number of hydrazone groups is 1. The number of carbonyl (C=O) groups excluding carboxylic acids is 1. The molecule has 5 nitrogen and oxygen atoms in total. The molecule has 3 rings (SSSR count). The quantitative estimate of drug-likeness (QED) is 0.505. The maximum absolute atomic E-state index is 11.2. The number of halogens is 1. The molecular formula is C20H19ClN4O. The van der Waals surface area contributed by atoms with Gasteiger partial charge in [-0.3, -0.25) is 10.2 Å². The minimum atomic E-state index is -0.106. The van der Waals surface area contributed by atoms with E-state index in [0.717, 1.165) is 33.4 Å². The summed E-state index contributed by atoms with van der Waals surface area (Å²) >= 11 is 6.05. The van der Waals surface area contributed by atoms with Gasteiger partial charge < -0.3 is 5.32 Å². The molecule has 0 bridgehead atoms. The van der Waals surface area contributed by atoms with E-state index >= 15 is 0 Å². The molecule has 0 saturated heterocycles. The number of fused-ring (bicyclic) bond motifs is 1. The average Bonchev–Trinajstić information content (AvgIpc) is 2.60. The van der Waals surface area contributed by atoms with Gasteiger partial charge in [0.1, 0.15) is 5.82 Å². The Morgan fingerprint density at radius 3 is 2.69 bits per heavy atom. The minimum Gasteiger partial charge on any atom is -0.326 e. The van der Waals surface area contributed by atoms with Gasteiger partial charge in [-0.1, -0.05) is 23.7 Å². The number of nitrogens with one attached hydrogen (secondary N) is 2. The summed E-state index contributed by atoms with van der Waals surface area (Å²) in [6.45, 7) is 5.39. The van der Waals surface area contributed by atoms with Crippen LogP contribution in [0.15, 0.2) is 53.6 Å². The van der Waals surface area contributed by atoms with E-state index in [-0.39, 0.29) is 5.91 Å². The van der Waals surface area contributed by atoms with Crippen molar-refractivity contribution in [1.29, 1.82) is 0 Å². The first-order valence-electron chi connectivity index (χ1n) is 8.17. The van der Waals surface area contributed by atoms with E-state index < -0.39 is 0 Å². The summed E-state index contributed by atoms with van der Waals surface area (Å²) in [7, 11) is 0. The molecular weight excluding hydrogens is 348 g/mol. The molecule has 3 aromatic rings. The zero-order chi connectivity index (χ0) is 18.7. The highest BCUT2D eigenvalue weighted by Gasteiger charge is 2.05. The maximum atomic E-state index is 11.2. The van der Waals surface area contributed by atoms with E-state index in [4.69, 9.17) is 11.6 Å². The summed E-state index contributed by atoms with van der Waals surface area (Å²) < 4.78 is 0. The Morgan fingerprint density at radius 1 is 1.12 bits per heavy atom. The monoisotopic (exact) mass is 366 g/mol. The van der Waals surface area contributed by atoms with Crippen LogP contribution < -0.4 is 10.7 Å². The molecule has 0 atom stereocenters. The van der Waals surface area contributed by atoms with Crippen LogP contribution in [0.3, 0.4) is 0 Å². The fourth-order valence-electron chi connectivity index (χ4n) is 2.65. The van der Waals surface area contributed by atoms with Crippen LogP contribution in [0.4, 0.5) is 11.5 Å².